The molecule has 110 valence electrons. The summed E-state index contributed by atoms with van der Waals surface area (Å²) in [5.41, 5.74) is 0. The third-order valence-electron chi connectivity index (χ3n) is 3.13. The van der Waals surface area contributed by atoms with Gasteiger partial charge in [-0.15, -0.1) is 0 Å². The molecule has 1 unspecified atom stereocenters. The molecule has 2 rings (SSSR count). The van der Waals surface area contributed by atoms with Crippen LogP contribution in [0.15, 0.2) is 4.52 Å². The predicted molar refractivity (Wildman–Crippen MR) is 69.9 cm³/mol. The van der Waals surface area contributed by atoms with Gasteiger partial charge in [-0.25, -0.2) is 0 Å². The number of hydrogen-bond donors (Lipinski definition) is 2. The van der Waals surface area contributed by atoms with Crippen molar-refractivity contribution >= 4 is 11.8 Å². The second-order valence-corrected chi connectivity index (χ2v) is 4.90. The summed E-state index contributed by atoms with van der Waals surface area (Å²) in [4.78, 5) is 28.7. The zero-order valence-electron chi connectivity index (χ0n) is 11.7. The molecule has 1 aliphatic heterocycles. The molecule has 8 nitrogen and oxygen atoms in total. The lowest BCUT2D eigenvalue weighted by molar-refractivity contribution is -0.128. The number of carbonyl (C=O) groups excluding carboxylic acids is 2. The van der Waals surface area contributed by atoms with Crippen molar-refractivity contribution in [2.75, 3.05) is 27.2 Å². The molecule has 2 N–H and O–H groups in total. The first-order valence-corrected chi connectivity index (χ1v) is 6.63. The Kier molecular flexibility index (Phi) is 4.67. The smallest absolute Gasteiger partial charge is 0.292 e. The molecule has 0 aromatic carbocycles. The highest BCUT2D eigenvalue weighted by Gasteiger charge is 2.24. The van der Waals surface area contributed by atoms with Gasteiger partial charge in [-0.2, -0.15) is 4.98 Å². The summed E-state index contributed by atoms with van der Waals surface area (Å²) in [6.45, 7) is 1.17. The van der Waals surface area contributed by atoms with Gasteiger partial charge in [0.25, 0.3) is 11.7 Å². The number of hydrogen-bond acceptors (Lipinski definition) is 6. The van der Waals surface area contributed by atoms with Crippen LogP contribution < -0.4 is 10.6 Å². The number of carbonyl (C=O) groups is 2. The van der Waals surface area contributed by atoms with Crippen LogP contribution in [0.1, 0.15) is 41.8 Å². The first-order chi connectivity index (χ1) is 9.58. The Hall–Kier alpha value is -1.96. The lowest BCUT2D eigenvalue weighted by Gasteiger charge is -2.09. The summed E-state index contributed by atoms with van der Waals surface area (Å²) < 4.78 is 5.08. The molecule has 0 spiro atoms. The molecule has 1 aromatic rings. The minimum atomic E-state index is -0.426. The Bertz CT molecular complexity index is 479. The first kappa shape index (κ1) is 14.4. The van der Waals surface area contributed by atoms with E-state index in [-0.39, 0.29) is 30.7 Å². The van der Waals surface area contributed by atoms with Crippen molar-refractivity contribution in [3.05, 3.63) is 11.7 Å². The molecule has 1 saturated heterocycles. The minimum absolute atomic E-state index is 0.00556. The van der Waals surface area contributed by atoms with Crippen LogP contribution in [0, 0.1) is 0 Å². The maximum absolute atomic E-state index is 11.8. The Balaban J connectivity index is 1.82. The van der Waals surface area contributed by atoms with Gasteiger partial charge in [-0.05, 0) is 19.4 Å². The van der Waals surface area contributed by atoms with Crippen LogP contribution >= 0.6 is 0 Å². The van der Waals surface area contributed by atoms with E-state index in [4.69, 9.17) is 4.52 Å². The van der Waals surface area contributed by atoms with Gasteiger partial charge in [0.05, 0.1) is 6.04 Å². The van der Waals surface area contributed by atoms with E-state index >= 15 is 0 Å². The number of amides is 2. The maximum Gasteiger partial charge on any atom is 0.292 e. The van der Waals surface area contributed by atoms with Crippen LogP contribution in [0.25, 0.3) is 0 Å². The molecule has 1 fully saturated rings. The second kappa shape index (κ2) is 6.47. The van der Waals surface area contributed by atoms with Crippen molar-refractivity contribution in [1.29, 1.82) is 0 Å². The molecule has 1 atom stereocenters. The average molecular weight is 281 g/mol. The lowest BCUT2D eigenvalue weighted by atomic mass is 10.2. The zero-order chi connectivity index (χ0) is 14.5. The lowest BCUT2D eigenvalue weighted by Crippen LogP contribution is -2.30. The molecule has 0 aliphatic carbocycles. The summed E-state index contributed by atoms with van der Waals surface area (Å²) in [6, 6.07) is 0.0411. The highest BCUT2D eigenvalue weighted by Crippen LogP contribution is 2.20. The molecule has 20 heavy (non-hydrogen) atoms. The van der Waals surface area contributed by atoms with Crippen molar-refractivity contribution in [3.8, 4) is 0 Å². The zero-order valence-corrected chi connectivity index (χ0v) is 11.7. The number of nitrogens with zero attached hydrogens (tertiary/aromatic N) is 3. The summed E-state index contributed by atoms with van der Waals surface area (Å²) in [5.74, 6) is -0.0261. The van der Waals surface area contributed by atoms with Crippen LogP contribution in [0.5, 0.6) is 0 Å². The van der Waals surface area contributed by atoms with Gasteiger partial charge >= 0.3 is 0 Å². The topological polar surface area (TPSA) is 100 Å². The molecule has 0 radical (unpaired) electrons. The van der Waals surface area contributed by atoms with E-state index in [1.807, 2.05) is 0 Å². The SMILES string of the molecule is CN(C)C(=O)CCNC(=O)c1noc(C2CCCN2)n1. The molecule has 2 amide bonds. The second-order valence-electron chi connectivity index (χ2n) is 4.90. The van der Waals surface area contributed by atoms with E-state index in [2.05, 4.69) is 20.8 Å². The van der Waals surface area contributed by atoms with E-state index < -0.39 is 5.91 Å². The maximum atomic E-state index is 11.8. The number of rotatable bonds is 5. The number of nitrogens with one attached hydrogen (secondary N) is 2. The van der Waals surface area contributed by atoms with Crippen LogP contribution in [0.2, 0.25) is 0 Å². The van der Waals surface area contributed by atoms with E-state index in [1.54, 1.807) is 14.1 Å². The summed E-state index contributed by atoms with van der Waals surface area (Å²) in [6.07, 6.45) is 2.23. The highest BCUT2D eigenvalue weighted by atomic mass is 16.5. The fourth-order valence-corrected chi connectivity index (χ4v) is 1.95. The van der Waals surface area contributed by atoms with Gasteiger partial charge in [0.15, 0.2) is 0 Å². The highest BCUT2D eigenvalue weighted by molar-refractivity contribution is 5.90. The van der Waals surface area contributed by atoms with Gasteiger partial charge < -0.3 is 20.1 Å². The Morgan fingerprint density at radius 2 is 2.30 bits per heavy atom. The minimum Gasteiger partial charge on any atom is -0.349 e. The van der Waals surface area contributed by atoms with Gasteiger partial charge in [-0.3, -0.25) is 9.59 Å². The predicted octanol–water partition coefficient (Wildman–Crippen LogP) is -0.298. The number of aromatic nitrogens is 2. The van der Waals surface area contributed by atoms with Crippen molar-refractivity contribution in [2.45, 2.75) is 25.3 Å². The van der Waals surface area contributed by atoms with Crippen LogP contribution in [0.3, 0.4) is 0 Å². The van der Waals surface area contributed by atoms with Crippen molar-refractivity contribution in [3.63, 3.8) is 0 Å². The van der Waals surface area contributed by atoms with Gasteiger partial charge in [0.2, 0.25) is 11.8 Å². The third-order valence-corrected chi connectivity index (χ3v) is 3.13. The average Bonchev–Trinajstić information content (AvgIpc) is 3.08. The van der Waals surface area contributed by atoms with Gasteiger partial charge in [0.1, 0.15) is 0 Å². The fourth-order valence-electron chi connectivity index (χ4n) is 1.95. The molecule has 0 saturated carbocycles. The Morgan fingerprint density at radius 3 is 2.95 bits per heavy atom. The normalized spacial score (nSPS) is 18.0. The molecule has 1 aliphatic rings. The van der Waals surface area contributed by atoms with Crippen molar-refractivity contribution in [1.82, 2.24) is 25.7 Å². The van der Waals surface area contributed by atoms with E-state index in [9.17, 15) is 9.59 Å². The Labute approximate surface area is 116 Å². The summed E-state index contributed by atoms with van der Waals surface area (Å²) in [5, 5.41) is 9.47. The van der Waals surface area contributed by atoms with Crippen LogP contribution in [-0.4, -0.2) is 54.0 Å². The standard InChI is InChI=1S/C12H19N5O3/c1-17(2)9(18)5-7-14-11(19)10-15-12(20-16-10)8-4-3-6-13-8/h8,13H,3-7H2,1-2H3,(H,14,19). The fraction of sp³-hybridized carbons (Fsp3) is 0.667. The van der Waals surface area contributed by atoms with Gasteiger partial charge in [-0.1, -0.05) is 5.16 Å². The molecular weight excluding hydrogens is 262 g/mol. The molecule has 1 aromatic heterocycles. The van der Waals surface area contributed by atoms with E-state index in [1.165, 1.54) is 4.90 Å². The van der Waals surface area contributed by atoms with Crippen molar-refractivity contribution < 1.29 is 14.1 Å². The van der Waals surface area contributed by atoms with Gasteiger partial charge in [0, 0.05) is 27.1 Å². The molecular formula is C12H19N5O3. The molecule has 8 heteroatoms. The monoisotopic (exact) mass is 281 g/mol. The third kappa shape index (κ3) is 3.53. The molecule has 0 bridgehead atoms. The molecule has 2 heterocycles. The summed E-state index contributed by atoms with van der Waals surface area (Å²) in [7, 11) is 3.34. The van der Waals surface area contributed by atoms with E-state index in [0.717, 1.165) is 19.4 Å². The Morgan fingerprint density at radius 1 is 1.50 bits per heavy atom. The quantitative estimate of drug-likeness (QED) is 0.768. The van der Waals surface area contributed by atoms with E-state index in [0.29, 0.717) is 5.89 Å². The largest absolute Gasteiger partial charge is 0.349 e. The van der Waals surface area contributed by atoms with Crippen LogP contribution in [0.4, 0.5) is 0 Å². The summed E-state index contributed by atoms with van der Waals surface area (Å²) >= 11 is 0. The van der Waals surface area contributed by atoms with Crippen LogP contribution in [-0.2, 0) is 4.79 Å². The van der Waals surface area contributed by atoms with Crippen molar-refractivity contribution in [2.24, 2.45) is 0 Å². The first-order valence-electron chi connectivity index (χ1n) is 6.63.